The summed E-state index contributed by atoms with van der Waals surface area (Å²) in [6.07, 6.45) is 8.96. The number of benzene rings is 2. The maximum absolute atomic E-state index is 6.28. The molecule has 33 heavy (non-hydrogen) atoms. The predicted octanol–water partition coefficient (Wildman–Crippen LogP) is 6.73. The number of unbranched alkanes of at least 4 members (excludes halogenated alkanes) is 1. The molecule has 0 N–H and O–H groups in total. The Morgan fingerprint density at radius 1 is 0.939 bits per heavy atom. The average molecular weight is 447 g/mol. The summed E-state index contributed by atoms with van der Waals surface area (Å²) in [4.78, 5) is 5.38. The van der Waals surface area contributed by atoms with E-state index >= 15 is 0 Å². The van der Waals surface area contributed by atoms with Crippen molar-refractivity contribution in [2.45, 2.75) is 64.5 Å². The molecule has 0 aliphatic carbocycles. The molecule has 176 valence electrons. The van der Waals surface area contributed by atoms with E-state index < -0.39 is 0 Å². The molecule has 2 aliphatic rings. The largest absolute Gasteiger partial charge is 0.493 e. The summed E-state index contributed by atoms with van der Waals surface area (Å²) in [6, 6.07) is 17.6. The Labute approximate surface area is 198 Å². The number of nitrogens with zero attached hydrogens (tertiary/aromatic N) is 2. The third kappa shape index (κ3) is 5.28. The quantitative estimate of drug-likeness (QED) is 0.359. The minimum absolute atomic E-state index is 0.773. The molecule has 0 atom stereocenters. The fourth-order valence-corrected chi connectivity index (χ4v) is 5.47. The topological polar surface area (TPSA) is 28.9 Å². The zero-order valence-electron chi connectivity index (χ0n) is 20.1. The summed E-state index contributed by atoms with van der Waals surface area (Å²) in [5.74, 6) is 1.95. The lowest BCUT2D eigenvalue weighted by Gasteiger charge is -2.40. The fourth-order valence-electron chi connectivity index (χ4n) is 5.47. The van der Waals surface area contributed by atoms with E-state index in [1.54, 1.807) is 0 Å². The van der Waals surface area contributed by atoms with Crippen molar-refractivity contribution in [3.63, 3.8) is 0 Å². The van der Waals surface area contributed by atoms with Crippen LogP contribution in [-0.4, -0.2) is 48.6 Å². The Hall–Kier alpha value is -2.30. The van der Waals surface area contributed by atoms with E-state index in [1.165, 1.54) is 56.1 Å². The predicted molar refractivity (Wildman–Crippen MR) is 136 cm³/mol. The monoisotopic (exact) mass is 446 g/mol. The highest BCUT2D eigenvalue weighted by Gasteiger charge is 2.26. The number of likely N-dealkylation sites (tertiary alicyclic amines) is 2. The van der Waals surface area contributed by atoms with Crippen LogP contribution in [0.2, 0.25) is 0 Å². The molecule has 2 aromatic carbocycles. The number of ether oxygens (including phenoxy) is 1. The van der Waals surface area contributed by atoms with Crippen LogP contribution in [0.1, 0.15) is 57.4 Å². The van der Waals surface area contributed by atoms with Gasteiger partial charge in [0.25, 0.3) is 0 Å². The highest BCUT2D eigenvalue weighted by Crippen LogP contribution is 2.36. The second kappa shape index (κ2) is 10.8. The molecule has 5 rings (SSSR count). The Kier molecular flexibility index (Phi) is 7.33. The van der Waals surface area contributed by atoms with Crippen LogP contribution < -0.4 is 4.74 Å². The summed E-state index contributed by atoms with van der Waals surface area (Å²) < 4.78 is 12.6. The first kappa shape index (κ1) is 22.5. The molecule has 0 radical (unpaired) electrons. The molecule has 4 nitrogen and oxygen atoms in total. The van der Waals surface area contributed by atoms with Crippen LogP contribution in [-0.2, 0) is 6.54 Å². The molecule has 0 amide bonds. The normalized spacial score (nSPS) is 18.7. The van der Waals surface area contributed by atoms with Gasteiger partial charge >= 0.3 is 0 Å². The summed E-state index contributed by atoms with van der Waals surface area (Å²) in [7, 11) is 0. The SMILES string of the molecule is CCCCOc1ccc2oc(-c3ccccc3)cc2c1CN1CCC(N2CCCCC2)CC1. The maximum Gasteiger partial charge on any atom is 0.135 e. The van der Waals surface area contributed by atoms with Crippen LogP contribution in [0.25, 0.3) is 22.3 Å². The number of hydrogen-bond acceptors (Lipinski definition) is 4. The summed E-state index contributed by atoms with van der Waals surface area (Å²) in [5, 5.41) is 1.20. The molecule has 4 heteroatoms. The van der Waals surface area contributed by atoms with E-state index in [-0.39, 0.29) is 0 Å². The highest BCUT2D eigenvalue weighted by molar-refractivity contribution is 5.87. The standard InChI is InChI=1S/C29H38N2O2/c1-2-3-20-32-27-12-13-28-25(21-29(33-28)23-10-6-4-7-11-23)26(27)22-30-18-14-24(15-19-30)31-16-8-5-9-17-31/h4,6-7,10-13,21,24H,2-3,5,8-9,14-20,22H2,1H3. The van der Waals surface area contributed by atoms with Gasteiger partial charge in [0.05, 0.1) is 6.61 Å². The molecule has 3 aromatic rings. The lowest BCUT2D eigenvalue weighted by Crippen LogP contribution is -2.46. The Morgan fingerprint density at radius 3 is 2.48 bits per heavy atom. The Balaban J connectivity index is 1.36. The van der Waals surface area contributed by atoms with E-state index in [0.29, 0.717) is 0 Å². The number of rotatable bonds is 8. The Bertz CT molecular complexity index is 1010. The first-order valence-corrected chi connectivity index (χ1v) is 13.0. The first-order chi connectivity index (χ1) is 16.3. The van der Waals surface area contributed by atoms with E-state index in [1.807, 2.05) is 6.07 Å². The molecule has 1 aromatic heterocycles. The minimum atomic E-state index is 0.773. The van der Waals surface area contributed by atoms with Crippen molar-refractivity contribution in [1.82, 2.24) is 9.80 Å². The van der Waals surface area contributed by atoms with Gasteiger partial charge in [-0.05, 0) is 76.5 Å². The van der Waals surface area contributed by atoms with Crippen LogP contribution >= 0.6 is 0 Å². The van der Waals surface area contributed by atoms with Crippen molar-refractivity contribution in [2.75, 3.05) is 32.8 Å². The molecule has 2 aliphatic heterocycles. The fraction of sp³-hybridized carbons (Fsp3) is 0.517. The van der Waals surface area contributed by atoms with Crippen molar-refractivity contribution < 1.29 is 9.15 Å². The molecule has 2 saturated heterocycles. The Morgan fingerprint density at radius 2 is 1.73 bits per heavy atom. The van der Waals surface area contributed by atoms with Gasteiger partial charge < -0.3 is 14.1 Å². The van der Waals surface area contributed by atoms with E-state index in [2.05, 4.69) is 59.2 Å². The molecular weight excluding hydrogens is 408 g/mol. The van der Waals surface area contributed by atoms with Gasteiger partial charge in [-0.15, -0.1) is 0 Å². The molecule has 0 saturated carbocycles. The highest BCUT2D eigenvalue weighted by atomic mass is 16.5. The zero-order valence-corrected chi connectivity index (χ0v) is 20.1. The van der Waals surface area contributed by atoms with E-state index in [9.17, 15) is 0 Å². The van der Waals surface area contributed by atoms with Crippen LogP contribution in [0.4, 0.5) is 0 Å². The molecule has 0 bridgehead atoms. The number of fused-ring (bicyclic) bond motifs is 1. The first-order valence-electron chi connectivity index (χ1n) is 13.0. The van der Waals surface area contributed by atoms with Gasteiger partial charge in [0.15, 0.2) is 0 Å². The zero-order chi connectivity index (χ0) is 22.5. The van der Waals surface area contributed by atoms with Crippen molar-refractivity contribution in [2.24, 2.45) is 0 Å². The molecule has 2 fully saturated rings. The lowest BCUT2D eigenvalue weighted by atomic mass is 9.99. The van der Waals surface area contributed by atoms with Crippen molar-refractivity contribution in [1.29, 1.82) is 0 Å². The molecular formula is C29H38N2O2. The third-order valence-electron chi connectivity index (χ3n) is 7.43. The van der Waals surface area contributed by atoms with Gasteiger partial charge in [-0.3, -0.25) is 4.90 Å². The summed E-state index contributed by atoms with van der Waals surface area (Å²) in [5.41, 5.74) is 3.36. The smallest absolute Gasteiger partial charge is 0.135 e. The van der Waals surface area contributed by atoms with Crippen molar-refractivity contribution in [3.05, 3.63) is 54.1 Å². The van der Waals surface area contributed by atoms with Gasteiger partial charge in [-0.1, -0.05) is 50.1 Å². The summed E-state index contributed by atoms with van der Waals surface area (Å²) in [6.45, 7) is 8.84. The van der Waals surface area contributed by atoms with Crippen molar-refractivity contribution in [3.8, 4) is 17.1 Å². The minimum Gasteiger partial charge on any atom is -0.493 e. The number of piperidine rings is 2. The van der Waals surface area contributed by atoms with Crippen LogP contribution in [0.3, 0.4) is 0 Å². The van der Waals surface area contributed by atoms with Gasteiger partial charge in [0, 0.05) is 29.1 Å². The summed E-state index contributed by atoms with van der Waals surface area (Å²) >= 11 is 0. The van der Waals surface area contributed by atoms with Gasteiger partial charge in [-0.2, -0.15) is 0 Å². The molecule has 0 unspecified atom stereocenters. The van der Waals surface area contributed by atoms with Crippen LogP contribution in [0.15, 0.2) is 52.9 Å². The molecule has 0 spiro atoms. The molecule has 3 heterocycles. The van der Waals surface area contributed by atoms with Gasteiger partial charge in [-0.25, -0.2) is 0 Å². The number of furan rings is 1. The van der Waals surface area contributed by atoms with Crippen LogP contribution in [0, 0.1) is 0 Å². The lowest BCUT2D eigenvalue weighted by molar-refractivity contribution is 0.0894. The van der Waals surface area contributed by atoms with E-state index in [0.717, 1.165) is 67.8 Å². The maximum atomic E-state index is 6.28. The van der Waals surface area contributed by atoms with Crippen LogP contribution in [0.5, 0.6) is 5.75 Å². The van der Waals surface area contributed by atoms with E-state index in [4.69, 9.17) is 9.15 Å². The average Bonchev–Trinajstić information content (AvgIpc) is 3.32. The third-order valence-corrected chi connectivity index (χ3v) is 7.43. The van der Waals surface area contributed by atoms with Crippen molar-refractivity contribution >= 4 is 11.0 Å². The second-order valence-electron chi connectivity index (χ2n) is 9.74. The number of hydrogen-bond donors (Lipinski definition) is 0. The van der Waals surface area contributed by atoms with Gasteiger partial charge in [0.2, 0.25) is 0 Å². The second-order valence-corrected chi connectivity index (χ2v) is 9.74. The van der Waals surface area contributed by atoms with Gasteiger partial charge in [0.1, 0.15) is 17.1 Å².